The Morgan fingerprint density at radius 3 is 2.82 bits per heavy atom. The van der Waals surface area contributed by atoms with Crippen LogP contribution in [0.4, 0.5) is 5.69 Å². The normalized spacial score (nSPS) is 29.2. The number of nitrogens with zero attached hydrogens (tertiary/aromatic N) is 1. The summed E-state index contributed by atoms with van der Waals surface area (Å²) in [6.07, 6.45) is 0. The summed E-state index contributed by atoms with van der Waals surface area (Å²) in [6, 6.07) is 8.07. The van der Waals surface area contributed by atoms with Crippen molar-refractivity contribution in [1.82, 2.24) is 3.89 Å². The van der Waals surface area contributed by atoms with Crippen molar-refractivity contribution in [2.75, 3.05) is 33.5 Å². The minimum atomic E-state index is 0.209. The maximum Gasteiger partial charge on any atom is 0.151 e. The molecule has 1 saturated heterocycles. The van der Waals surface area contributed by atoms with Crippen molar-refractivity contribution in [2.24, 2.45) is 0 Å². The first kappa shape index (κ1) is 13.0. The number of methoxy groups -OCH3 is 1. The highest BCUT2D eigenvalue weighted by Crippen LogP contribution is 2.31. The molecule has 5 heteroatoms. The van der Waals surface area contributed by atoms with Gasteiger partial charge in [0.15, 0.2) is 6.04 Å². The summed E-state index contributed by atoms with van der Waals surface area (Å²) in [5.41, 5.74) is 1.90. The van der Waals surface area contributed by atoms with E-state index < -0.39 is 0 Å². The van der Waals surface area contributed by atoms with Crippen LogP contribution in [0.15, 0.2) is 24.3 Å². The summed E-state index contributed by atoms with van der Waals surface area (Å²) >= 11 is 4.84. The van der Waals surface area contributed by atoms with Crippen molar-refractivity contribution in [3.8, 4) is 0 Å². The molecule has 2 radical (unpaired) electrons. The summed E-state index contributed by atoms with van der Waals surface area (Å²) in [5.74, 6) is 0. The van der Waals surface area contributed by atoms with E-state index in [1.54, 1.807) is 7.11 Å². The molecule has 0 N–H and O–H groups in total. The van der Waals surface area contributed by atoms with Crippen LogP contribution in [0, 0.1) is 0 Å². The summed E-state index contributed by atoms with van der Waals surface area (Å²) in [4.78, 5) is 0. The standard InChI is InChI=1S/C12H17BNO2S/c1-15-8-12-9-16-7-6-14(12,17)11-4-2-10(13)3-5-11/h2-5,12,17H,6-9H2,1H3/q+1/t12-,14?/m0/s1. The third kappa shape index (κ3) is 2.68. The molecule has 1 aliphatic heterocycles. The van der Waals surface area contributed by atoms with Gasteiger partial charge < -0.3 is 9.47 Å². The van der Waals surface area contributed by atoms with Gasteiger partial charge in [0.05, 0.1) is 19.4 Å². The highest BCUT2D eigenvalue weighted by Gasteiger charge is 2.40. The molecule has 90 valence electrons. The lowest BCUT2D eigenvalue weighted by Gasteiger charge is -2.41. The van der Waals surface area contributed by atoms with Crippen LogP contribution in [-0.4, -0.2) is 47.4 Å². The Hall–Kier alpha value is -0.485. The second-order valence-corrected chi connectivity index (χ2v) is 5.04. The Labute approximate surface area is 109 Å². The van der Waals surface area contributed by atoms with E-state index in [9.17, 15) is 0 Å². The van der Waals surface area contributed by atoms with E-state index in [0.717, 1.165) is 17.7 Å². The molecule has 0 aliphatic carbocycles. The first-order valence-corrected chi connectivity index (χ1v) is 6.10. The van der Waals surface area contributed by atoms with Crippen LogP contribution in [0.25, 0.3) is 0 Å². The number of morpholine rings is 1. The highest BCUT2D eigenvalue weighted by atomic mass is 32.1. The molecule has 0 spiro atoms. The van der Waals surface area contributed by atoms with Gasteiger partial charge in [-0.1, -0.05) is 17.6 Å². The number of benzene rings is 1. The molecule has 1 fully saturated rings. The Morgan fingerprint density at radius 1 is 1.47 bits per heavy atom. The number of hydrogen-bond acceptors (Lipinski definition) is 3. The molecule has 3 nitrogen and oxygen atoms in total. The van der Waals surface area contributed by atoms with Crippen molar-refractivity contribution in [2.45, 2.75) is 6.04 Å². The largest absolute Gasteiger partial charge is 0.378 e. The molecule has 2 rings (SSSR count). The molecule has 1 aromatic rings. The number of thiol groups is 1. The molecule has 0 saturated carbocycles. The van der Waals surface area contributed by atoms with Gasteiger partial charge in [0.2, 0.25) is 0 Å². The second-order valence-electron chi connectivity index (χ2n) is 4.33. The van der Waals surface area contributed by atoms with Gasteiger partial charge in [0, 0.05) is 7.11 Å². The highest BCUT2D eigenvalue weighted by molar-refractivity contribution is 7.79. The molecule has 1 aromatic carbocycles. The lowest BCUT2D eigenvalue weighted by Crippen LogP contribution is -2.58. The first-order valence-electron chi connectivity index (χ1n) is 5.70. The molecule has 1 heterocycles. The van der Waals surface area contributed by atoms with Gasteiger partial charge in [-0.25, -0.2) is 3.89 Å². The smallest absolute Gasteiger partial charge is 0.151 e. The van der Waals surface area contributed by atoms with Gasteiger partial charge in [-0.05, 0) is 12.1 Å². The number of rotatable bonds is 3. The van der Waals surface area contributed by atoms with Crippen LogP contribution in [-0.2, 0) is 9.47 Å². The van der Waals surface area contributed by atoms with E-state index in [4.69, 9.17) is 30.1 Å². The van der Waals surface area contributed by atoms with Gasteiger partial charge in [0.25, 0.3) is 0 Å². The first-order chi connectivity index (χ1) is 8.16. The molecule has 17 heavy (non-hydrogen) atoms. The molecule has 1 unspecified atom stereocenters. The van der Waals surface area contributed by atoms with Crippen LogP contribution in [0.3, 0.4) is 0 Å². The fourth-order valence-electron chi connectivity index (χ4n) is 2.17. The average molecular weight is 250 g/mol. The molecule has 0 aromatic heterocycles. The van der Waals surface area contributed by atoms with Crippen molar-refractivity contribution in [3.63, 3.8) is 0 Å². The minimum absolute atomic E-state index is 0.209. The van der Waals surface area contributed by atoms with Gasteiger partial charge >= 0.3 is 0 Å². The van der Waals surface area contributed by atoms with Gasteiger partial charge in [0.1, 0.15) is 33.3 Å². The zero-order valence-electron chi connectivity index (χ0n) is 10.0. The van der Waals surface area contributed by atoms with Crippen LogP contribution in [0.2, 0.25) is 0 Å². The number of quaternary nitrogens is 1. The van der Waals surface area contributed by atoms with Gasteiger partial charge in [-0.15, -0.1) is 0 Å². The van der Waals surface area contributed by atoms with Crippen LogP contribution < -0.4 is 9.35 Å². The molecular formula is C12H17BNO2S+. The van der Waals surface area contributed by atoms with Crippen molar-refractivity contribution in [3.05, 3.63) is 24.3 Å². The predicted octanol–water partition coefficient (Wildman–Crippen LogP) is 0.678. The predicted molar refractivity (Wildman–Crippen MR) is 74.0 cm³/mol. The molecule has 1 aliphatic rings. The third-order valence-corrected chi connectivity index (χ3v) is 3.95. The summed E-state index contributed by atoms with van der Waals surface area (Å²) in [6.45, 7) is 2.85. The number of hydrogen-bond donors (Lipinski definition) is 1. The lowest BCUT2D eigenvalue weighted by atomic mass is 9.96. The topological polar surface area (TPSA) is 18.5 Å². The van der Waals surface area contributed by atoms with E-state index in [0.29, 0.717) is 23.7 Å². The maximum atomic E-state index is 5.71. The van der Waals surface area contributed by atoms with Crippen LogP contribution >= 0.6 is 12.8 Å². The summed E-state index contributed by atoms with van der Waals surface area (Å²) in [7, 11) is 7.42. The second kappa shape index (κ2) is 5.44. The Bertz CT molecular complexity index is 371. The Morgan fingerprint density at radius 2 is 2.18 bits per heavy atom. The zero-order chi connectivity index (χ0) is 12.3. The fraction of sp³-hybridized carbons (Fsp3) is 0.500. The lowest BCUT2D eigenvalue weighted by molar-refractivity contribution is 0.00869. The summed E-state index contributed by atoms with van der Waals surface area (Å²) < 4.78 is 11.3. The van der Waals surface area contributed by atoms with Crippen LogP contribution in [0.5, 0.6) is 0 Å². The Kier molecular flexibility index (Phi) is 4.15. The molecule has 2 atom stereocenters. The van der Waals surface area contributed by atoms with E-state index in [-0.39, 0.29) is 6.04 Å². The SMILES string of the molecule is [B]c1ccc([N+]2(S)CCOC[C@@H]2COC)cc1. The minimum Gasteiger partial charge on any atom is -0.378 e. The third-order valence-electron chi connectivity index (χ3n) is 3.19. The van der Waals surface area contributed by atoms with Gasteiger partial charge in [-0.3, -0.25) is 0 Å². The van der Waals surface area contributed by atoms with Crippen molar-refractivity contribution in [1.29, 1.82) is 0 Å². The molecule has 0 bridgehead atoms. The van der Waals surface area contributed by atoms with E-state index in [1.807, 2.05) is 24.3 Å². The maximum absolute atomic E-state index is 5.71. The zero-order valence-corrected chi connectivity index (χ0v) is 10.9. The monoisotopic (exact) mass is 250 g/mol. The summed E-state index contributed by atoms with van der Waals surface area (Å²) in [5, 5.41) is 0. The van der Waals surface area contributed by atoms with Crippen LogP contribution in [0.1, 0.15) is 0 Å². The quantitative estimate of drug-likeness (QED) is 0.483. The Balaban J connectivity index is 2.27. The average Bonchev–Trinajstić information content (AvgIpc) is 2.33. The van der Waals surface area contributed by atoms with E-state index in [1.165, 1.54) is 0 Å². The van der Waals surface area contributed by atoms with E-state index >= 15 is 0 Å². The van der Waals surface area contributed by atoms with Crippen molar-refractivity contribution >= 4 is 31.8 Å². The number of ether oxygens (including phenoxy) is 2. The van der Waals surface area contributed by atoms with Crippen molar-refractivity contribution < 1.29 is 9.47 Å². The van der Waals surface area contributed by atoms with E-state index in [2.05, 4.69) is 0 Å². The molecule has 0 amide bonds. The molecular weight excluding hydrogens is 233 g/mol. The van der Waals surface area contributed by atoms with Gasteiger partial charge in [-0.2, -0.15) is 0 Å². The fourth-order valence-corrected chi connectivity index (χ4v) is 2.51.